The van der Waals surface area contributed by atoms with E-state index in [0.29, 0.717) is 36.1 Å². The van der Waals surface area contributed by atoms with E-state index in [0.717, 1.165) is 17.5 Å². The van der Waals surface area contributed by atoms with Gasteiger partial charge in [-0.15, -0.1) is 0 Å². The first-order chi connectivity index (χ1) is 14.9. The Labute approximate surface area is 176 Å². The molecule has 0 saturated carbocycles. The van der Waals surface area contributed by atoms with Crippen molar-refractivity contribution >= 4 is 28.6 Å². The first-order valence-electron chi connectivity index (χ1n) is 9.84. The van der Waals surface area contributed by atoms with E-state index in [2.05, 4.69) is 9.97 Å². The van der Waals surface area contributed by atoms with Crippen LogP contribution in [-0.4, -0.2) is 39.8 Å². The van der Waals surface area contributed by atoms with Gasteiger partial charge in [-0.1, -0.05) is 12.1 Å². The standard InChI is InChI=1S/C22H20F2N4O3/c23-14-5-6-15(17(24)11-14)21(29)28-9-7-13(8-10-28)22(30)31-12-19-26-18-4-2-1-3-16(18)20(25)27-19/h1-6,11,13H,7-10,12H2,(H2,25,26,27). The third-order valence-corrected chi connectivity index (χ3v) is 5.30. The molecule has 4 rings (SSSR count). The molecule has 7 nitrogen and oxygen atoms in total. The highest BCUT2D eigenvalue weighted by Crippen LogP contribution is 2.22. The lowest BCUT2D eigenvalue weighted by molar-refractivity contribution is -0.151. The van der Waals surface area contributed by atoms with Crippen LogP contribution in [0.1, 0.15) is 29.0 Å². The molecular weight excluding hydrogens is 406 g/mol. The van der Waals surface area contributed by atoms with Gasteiger partial charge in [0.15, 0.2) is 12.4 Å². The van der Waals surface area contributed by atoms with Crippen molar-refractivity contribution in [3.63, 3.8) is 0 Å². The molecule has 0 atom stereocenters. The number of anilines is 1. The van der Waals surface area contributed by atoms with E-state index in [9.17, 15) is 18.4 Å². The third kappa shape index (κ3) is 4.45. The van der Waals surface area contributed by atoms with Crippen molar-refractivity contribution in [2.75, 3.05) is 18.8 Å². The molecule has 1 aliphatic rings. The molecule has 1 aromatic heterocycles. The SMILES string of the molecule is Nc1nc(COC(=O)C2CCN(C(=O)c3ccc(F)cc3F)CC2)nc2ccccc12. The minimum atomic E-state index is -0.902. The van der Waals surface area contributed by atoms with Crippen LogP contribution in [0.2, 0.25) is 0 Å². The second-order valence-corrected chi connectivity index (χ2v) is 7.34. The van der Waals surface area contributed by atoms with Gasteiger partial charge in [0.05, 0.1) is 17.0 Å². The number of nitrogens with zero attached hydrogens (tertiary/aromatic N) is 3. The number of benzene rings is 2. The Hall–Kier alpha value is -3.62. The second kappa shape index (κ2) is 8.63. The minimum Gasteiger partial charge on any atom is -0.457 e. The molecule has 1 saturated heterocycles. The summed E-state index contributed by atoms with van der Waals surface area (Å²) in [5.41, 5.74) is 6.42. The van der Waals surface area contributed by atoms with Gasteiger partial charge < -0.3 is 15.4 Å². The Balaban J connectivity index is 1.33. The van der Waals surface area contributed by atoms with Crippen LogP contribution < -0.4 is 5.73 Å². The average molecular weight is 426 g/mol. The Kier molecular flexibility index (Phi) is 5.75. The number of halogens is 2. The Morgan fingerprint density at radius 1 is 1.10 bits per heavy atom. The van der Waals surface area contributed by atoms with Crippen LogP contribution in [0, 0.1) is 17.6 Å². The maximum absolute atomic E-state index is 13.9. The summed E-state index contributed by atoms with van der Waals surface area (Å²) in [4.78, 5) is 34.9. The summed E-state index contributed by atoms with van der Waals surface area (Å²) < 4.78 is 32.3. The quantitative estimate of drug-likeness (QED) is 0.644. The number of carbonyl (C=O) groups excluding carboxylic acids is 2. The number of hydrogen-bond acceptors (Lipinski definition) is 6. The maximum atomic E-state index is 13.9. The molecule has 31 heavy (non-hydrogen) atoms. The van der Waals surface area contributed by atoms with Crippen molar-refractivity contribution in [2.24, 2.45) is 5.92 Å². The number of fused-ring (bicyclic) bond motifs is 1. The number of amides is 1. The van der Waals surface area contributed by atoms with Crippen molar-refractivity contribution in [3.05, 3.63) is 65.5 Å². The van der Waals surface area contributed by atoms with E-state index in [4.69, 9.17) is 10.5 Å². The number of nitrogens with two attached hydrogens (primary N) is 1. The number of piperidine rings is 1. The van der Waals surface area contributed by atoms with Crippen LogP contribution >= 0.6 is 0 Å². The highest BCUT2D eigenvalue weighted by molar-refractivity contribution is 5.94. The molecule has 1 fully saturated rings. The molecule has 9 heteroatoms. The van der Waals surface area contributed by atoms with Gasteiger partial charge in [0.2, 0.25) is 0 Å². The zero-order valence-electron chi connectivity index (χ0n) is 16.6. The number of aromatic nitrogens is 2. The Morgan fingerprint density at radius 2 is 1.84 bits per heavy atom. The van der Waals surface area contributed by atoms with Gasteiger partial charge >= 0.3 is 5.97 Å². The molecule has 0 unspecified atom stereocenters. The van der Waals surface area contributed by atoms with Crippen molar-refractivity contribution in [1.82, 2.24) is 14.9 Å². The van der Waals surface area contributed by atoms with Gasteiger partial charge in [0.25, 0.3) is 5.91 Å². The van der Waals surface area contributed by atoms with Crippen molar-refractivity contribution < 1.29 is 23.1 Å². The largest absolute Gasteiger partial charge is 0.457 e. The van der Waals surface area contributed by atoms with Crippen LogP contribution in [-0.2, 0) is 16.1 Å². The van der Waals surface area contributed by atoms with Gasteiger partial charge in [-0.05, 0) is 37.1 Å². The van der Waals surface area contributed by atoms with Crippen LogP contribution in [0.5, 0.6) is 0 Å². The van der Waals surface area contributed by atoms with Crippen LogP contribution in [0.4, 0.5) is 14.6 Å². The zero-order chi connectivity index (χ0) is 22.0. The molecule has 0 radical (unpaired) electrons. The van der Waals surface area contributed by atoms with E-state index in [1.807, 2.05) is 18.2 Å². The van der Waals surface area contributed by atoms with Crippen LogP contribution in [0.3, 0.4) is 0 Å². The molecule has 2 N–H and O–H groups in total. The van der Waals surface area contributed by atoms with Crippen molar-refractivity contribution in [3.8, 4) is 0 Å². The summed E-state index contributed by atoms with van der Waals surface area (Å²) in [6.07, 6.45) is 0.766. The summed E-state index contributed by atoms with van der Waals surface area (Å²) >= 11 is 0. The number of likely N-dealkylation sites (tertiary alicyclic amines) is 1. The number of esters is 1. The molecule has 1 amide bonds. The van der Waals surface area contributed by atoms with E-state index < -0.39 is 23.5 Å². The maximum Gasteiger partial charge on any atom is 0.309 e. The van der Waals surface area contributed by atoms with E-state index in [1.54, 1.807) is 6.07 Å². The van der Waals surface area contributed by atoms with Gasteiger partial charge in [0, 0.05) is 24.5 Å². The predicted octanol–water partition coefficient (Wildman–Crippen LogP) is 3.09. The first-order valence-corrected chi connectivity index (χ1v) is 9.84. The predicted molar refractivity (Wildman–Crippen MR) is 109 cm³/mol. The number of ether oxygens (including phenoxy) is 1. The zero-order valence-corrected chi connectivity index (χ0v) is 16.6. The highest BCUT2D eigenvalue weighted by atomic mass is 19.1. The molecule has 0 bridgehead atoms. The number of rotatable bonds is 4. The van der Waals surface area contributed by atoms with Crippen LogP contribution in [0.25, 0.3) is 10.9 Å². The fraction of sp³-hybridized carbons (Fsp3) is 0.273. The van der Waals surface area contributed by atoms with E-state index in [-0.39, 0.29) is 31.2 Å². The number of carbonyl (C=O) groups is 2. The fourth-order valence-corrected chi connectivity index (χ4v) is 3.62. The normalized spacial score (nSPS) is 14.6. The Morgan fingerprint density at radius 3 is 2.58 bits per heavy atom. The highest BCUT2D eigenvalue weighted by Gasteiger charge is 2.30. The summed E-state index contributed by atoms with van der Waals surface area (Å²) in [6, 6.07) is 10.1. The summed E-state index contributed by atoms with van der Waals surface area (Å²) in [5.74, 6) is -2.34. The lowest BCUT2D eigenvalue weighted by atomic mass is 9.96. The molecular formula is C22H20F2N4O3. The number of hydrogen-bond donors (Lipinski definition) is 1. The third-order valence-electron chi connectivity index (χ3n) is 5.30. The number of nitrogen functional groups attached to an aromatic ring is 1. The molecule has 3 aromatic rings. The van der Waals surface area contributed by atoms with Gasteiger partial charge in [0.1, 0.15) is 17.5 Å². The molecule has 0 spiro atoms. The molecule has 160 valence electrons. The first kappa shape index (κ1) is 20.6. The van der Waals surface area contributed by atoms with E-state index in [1.165, 1.54) is 4.90 Å². The molecule has 0 aliphatic carbocycles. The topological polar surface area (TPSA) is 98.4 Å². The lowest BCUT2D eigenvalue weighted by Gasteiger charge is -2.31. The van der Waals surface area contributed by atoms with Crippen LogP contribution in [0.15, 0.2) is 42.5 Å². The molecule has 2 aromatic carbocycles. The monoisotopic (exact) mass is 426 g/mol. The van der Waals surface area contributed by atoms with E-state index >= 15 is 0 Å². The summed E-state index contributed by atoms with van der Waals surface area (Å²) in [5, 5.41) is 0.729. The van der Waals surface area contributed by atoms with Gasteiger partial charge in [-0.25, -0.2) is 18.7 Å². The summed E-state index contributed by atoms with van der Waals surface area (Å²) in [6.45, 7) is 0.442. The van der Waals surface area contributed by atoms with Crippen molar-refractivity contribution in [1.29, 1.82) is 0 Å². The molecule has 2 heterocycles. The van der Waals surface area contributed by atoms with Gasteiger partial charge in [-0.3, -0.25) is 9.59 Å². The fourth-order valence-electron chi connectivity index (χ4n) is 3.62. The second-order valence-electron chi connectivity index (χ2n) is 7.34. The van der Waals surface area contributed by atoms with Gasteiger partial charge in [-0.2, -0.15) is 0 Å². The smallest absolute Gasteiger partial charge is 0.309 e. The average Bonchev–Trinajstić information content (AvgIpc) is 2.77. The summed E-state index contributed by atoms with van der Waals surface area (Å²) in [7, 11) is 0. The Bertz CT molecular complexity index is 1150. The molecule has 1 aliphatic heterocycles. The lowest BCUT2D eigenvalue weighted by Crippen LogP contribution is -2.41. The number of para-hydroxylation sites is 1. The van der Waals surface area contributed by atoms with Crippen molar-refractivity contribution in [2.45, 2.75) is 19.4 Å². The minimum absolute atomic E-state index is 0.103.